The van der Waals surface area contributed by atoms with Gasteiger partial charge in [-0.05, 0) is 73.5 Å². The van der Waals surface area contributed by atoms with Crippen molar-refractivity contribution in [1.29, 1.82) is 0 Å². The molecule has 0 aromatic heterocycles. The van der Waals surface area contributed by atoms with Gasteiger partial charge < -0.3 is 19.4 Å². The van der Waals surface area contributed by atoms with Crippen LogP contribution in [-0.2, 0) is 4.79 Å². The third-order valence-corrected chi connectivity index (χ3v) is 7.01. The second-order valence-corrected chi connectivity index (χ2v) is 9.40. The number of carbonyl (C=O) groups is 2. The first kappa shape index (κ1) is 23.4. The summed E-state index contributed by atoms with van der Waals surface area (Å²) in [5.41, 5.74) is 1.49. The smallest absolute Gasteiger partial charge is 0.255 e. The third-order valence-electron chi connectivity index (χ3n) is 7.01. The quantitative estimate of drug-likeness (QED) is 0.473. The van der Waals surface area contributed by atoms with Crippen molar-refractivity contribution >= 4 is 28.3 Å². The number of hydrogen-bond donors (Lipinski definition) is 0. The lowest BCUT2D eigenvalue weighted by Crippen LogP contribution is -2.52. The lowest BCUT2D eigenvalue weighted by molar-refractivity contribution is -0.120. The van der Waals surface area contributed by atoms with E-state index in [1.165, 1.54) is 32.4 Å². The van der Waals surface area contributed by atoms with Crippen LogP contribution in [0.15, 0.2) is 66.7 Å². The fourth-order valence-electron chi connectivity index (χ4n) is 5.09. The molecule has 0 saturated carbocycles. The number of hydrogen-bond acceptors (Lipinski definition) is 4. The number of piperidine rings is 1. The van der Waals surface area contributed by atoms with Crippen LogP contribution in [0.3, 0.4) is 0 Å². The van der Waals surface area contributed by atoms with Crippen molar-refractivity contribution in [1.82, 2.24) is 9.80 Å². The fourth-order valence-corrected chi connectivity index (χ4v) is 5.09. The number of anilines is 1. The number of fused-ring (bicyclic) bond motifs is 1. The topological polar surface area (TPSA) is 53.1 Å². The summed E-state index contributed by atoms with van der Waals surface area (Å²) in [4.78, 5) is 32.1. The molecule has 2 heterocycles. The van der Waals surface area contributed by atoms with E-state index in [9.17, 15) is 9.59 Å². The monoisotopic (exact) mass is 471 g/mol. The molecule has 2 aliphatic heterocycles. The van der Waals surface area contributed by atoms with Gasteiger partial charge in [-0.1, -0.05) is 42.8 Å². The standard InChI is InChI=1S/C29H33N3O3/c33-28-22-31(29(34)27-11-6-9-23-8-2-3-10-26(23)27)19-20-32(28)24-12-14-25(15-13-24)35-21-7-18-30-16-4-1-5-17-30/h2-3,6,8-15H,1,4-5,7,16-22H2. The SMILES string of the molecule is O=C(c1cccc2ccccc12)N1CCN(c2ccc(OCCCN3CCCCC3)cc2)C(=O)C1. The van der Waals surface area contributed by atoms with Crippen LogP contribution >= 0.6 is 0 Å². The van der Waals surface area contributed by atoms with Crippen molar-refractivity contribution in [2.24, 2.45) is 0 Å². The largest absolute Gasteiger partial charge is 0.494 e. The zero-order valence-corrected chi connectivity index (χ0v) is 20.2. The van der Waals surface area contributed by atoms with E-state index in [1.807, 2.05) is 66.7 Å². The van der Waals surface area contributed by atoms with Crippen LogP contribution in [0.5, 0.6) is 5.75 Å². The molecule has 2 fully saturated rings. The van der Waals surface area contributed by atoms with Crippen LogP contribution in [0.4, 0.5) is 5.69 Å². The Hall–Kier alpha value is -3.38. The molecule has 35 heavy (non-hydrogen) atoms. The van der Waals surface area contributed by atoms with Gasteiger partial charge in [-0.2, -0.15) is 0 Å². The first-order chi connectivity index (χ1) is 17.2. The van der Waals surface area contributed by atoms with Gasteiger partial charge in [0.05, 0.1) is 6.61 Å². The summed E-state index contributed by atoms with van der Waals surface area (Å²) in [7, 11) is 0. The molecule has 2 amide bonds. The van der Waals surface area contributed by atoms with E-state index in [-0.39, 0.29) is 18.4 Å². The van der Waals surface area contributed by atoms with E-state index < -0.39 is 0 Å². The maximum atomic E-state index is 13.2. The highest BCUT2D eigenvalue weighted by atomic mass is 16.5. The van der Waals surface area contributed by atoms with Gasteiger partial charge in [0.15, 0.2) is 0 Å². The molecule has 6 heteroatoms. The Morgan fingerprint density at radius 3 is 2.40 bits per heavy atom. The van der Waals surface area contributed by atoms with Gasteiger partial charge in [0.25, 0.3) is 5.91 Å². The Morgan fingerprint density at radius 2 is 1.60 bits per heavy atom. The maximum absolute atomic E-state index is 13.2. The van der Waals surface area contributed by atoms with Crippen LogP contribution in [0.25, 0.3) is 10.8 Å². The van der Waals surface area contributed by atoms with Crippen molar-refractivity contribution in [3.05, 3.63) is 72.3 Å². The van der Waals surface area contributed by atoms with E-state index in [0.29, 0.717) is 25.3 Å². The van der Waals surface area contributed by atoms with E-state index in [4.69, 9.17) is 4.74 Å². The van der Waals surface area contributed by atoms with E-state index in [1.54, 1.807) is 9.80 Å². The summed E-state index contributed by atoms with van der Waals surface area (Å²) >= 11 is 0. The van der Waals surface area contributed by atoms with Crippen LogP contribution in [0.2, 0.25) is 0 Å². The van der Waals surface area contributed by atoms with Crippen molar-refractivity contribution in [3.8, 4) is 5.75 Å². The van der Waals surface area contributed by atoms with Gasteiger partial charge in [-0.25, -0.2) is 0 Å². The van der Waals surface area contributed by atoms with Crippen LogP contribution in [0, 0.1) is 0 Å². The molecule has 3 aromatic rings. The van der Waals surface area contributed by atoms with Crippen LogP contribution < -0.4 is 9.64 Å². The van der Waals surface area contributed by atoms with Crippen molar-refractivity contribution in [2.45, 2.75) is 25.7 Å². The van der Waals surface area contributed by atoms with Crippen molar-refractivity contribution in [2.75, 3.05) is 50.8 Å². The van der Waals surface area contributed by atoms with Crippen LogP contribution in [-0.4, -0.2) is 67.5 Å². The second kappa shape index (κ2) is 10.9. The minimum absolute atomic E-state index is 0.0694. The Bertz CT molecular complexity index is 1170. The predicted molar refractivity (Wildman–Crippen MR) is 139 cm³/mol. The third kappa shape index (κ3) is 5.49. The summed E-state index contributed by atoms with van der Waals surface area (Å²) in [6.07, 6.45) is 5.00. The zero-order valence-electron chi connectivity index (χ0n) is 20.2. The number of amides is 2. The Morgan fingerprint density at radius 1 is 0.829 bits per heavy atom. The lowest BCUT2D eigenvalue weighted by Gasteiger charge is -2.34. The second-order valence-electron chi connectivity index (χ2n) is 9.40. The molecule has 0 spiro atoms. The van der Waals surface area contributed by atoms with E-state index >= 15 is 0 Å². The minimum atomic E-state index is -0.0944. The maximum Gasteiger partial charge on any atom is 0.255 e. The minimum Gasteiger partial charge on any atom is -0.494 e. The molecule has 2 aliphatic rings. The number of rotatable bonds is 7. The molecular formula is C29H33N3O3. The van der Waals surface area contributed by atoms with Gasteiger partial charge in [0, 0.05) is 30.9 Å². The number of likely N-dealkylation sites (tertiary alicyclic amines) is 1. The first-order valence-electron chi connectivity index (χ1n) is 12.7. The molecule has 0 atom stereocenters. The molecule has 2 saturated heterocycles. The molecule has 0 aliphatic carbocycles. The van der Waals surface area contributed by atoms with Gasteiger partial charge in [0.2, 0.25) is 5.91 Å². The normalized spacial score (nSPS) is 17.1. The predicted octanol–water partition coefficient (Wildman–Crippen LogP) is 4.58. The molecule has 5 rings (SSSR count). The highest BCUT2D eigenvalue weighted by Gasteiger charge is 2.29. The van der Waals surface area contributed by atoms with Gasteiger partial charge >= 0.3 is 0 Å². The highest BCUT2D eigenvalue weighted by Crippen LogP contribution is 2.24. The molecule has 0 bridgehead atoms. The lowest BCUT2D eigenvalue weighted by atomic mass is 10.0. The van der Waals surface area contributed by atoms with Crippen molar-refractivity contribution in [3.63, 3.8) is 0 Å². The molecular weight excluding hydrogens is 438 g/mol. The Labute approximate surface area is 207 Å². The van der Waals surface area contributed by atoms with Crippen molar-refractivity contribution < 1.29 is 14.3 Å². The first-order valence-corrected chi connectivity index (χ1v) is 12.7. The molecule has 0 N–H and O–H groups in total. The molecule has 182 valence electrons. The zero-order chi connectivity index (χ0) is 24.0. The number of piperazine rings is 1. The van der Waals surface area contributed by atoms with Gasteiger partial charge in [0.1, 0.15) is 12.3 Å². The number of nitrogens with zero attached hydrogens (tertiary/aromatic N) is 3. The van der Waals surface area contributed by atoms with E-state index in [2.05, 4.69) is 4.90 Å². The summed E-state index contributed by atoms with van der Waals surface area (Å²) in [6, 6.07) is 21.3. The fraction of sp³-hybridized carbons (Fsp3) is 0.379. The average Bonchev–Trinajstić information content (AvgIpc) is 2.91. The molecule has 6 nitrogen and oxygen atoms in total. The molecule has 0 unspecified atom stereocenters. The Balaban J connectivity index is 1.14. The Kier molecular flexibility index (Phi) is 7.28. The average molecular weight is 472 g/mol. The number of ether oxygens (including phenoxy) is 1. The van der Waals surface area contributed by atoms with Gasteiger partial charge in [-0.15, -0.1) is 0 Å². The molecule has 0 radical (unpaired) electrons. The highest BCUT2D eigenvalue weighted by molar-refractivity contribution is 6.09. The summed E-state index contributed by atoms with van der Waals surface area (Å²) in [5.74, 6) is 0.660. The summed E-state index contributed by atoms with van der Waals surface area (Å²) < 4.78 is 5.92. The van der Waals surface area contributed by atoms with Gasteiger partial charge in [-0.3, -0.25) is 9.59 Å². The number of benzene rings is 3. The van der Waals surface area contributed by atoms with E-state index in [0.717, 1.165) is 35.2 Å². The summed E-state index contributed by atoms with van der Waals surface area (Å²) in [5, 5.41) is 1.94. The van der Waals surface area contributed by atoms with Crippen LogP contribution in [0.1, 0.15) is 36.0 Å². The number of carbonyl (C=O) groups excluding carboxylic acids is 2. The summed E-state index contributed by atoms with van der Waals surface area (Å²) in [6.45, 7) is 5.27. The molecule has 3 aromatic carbocycles.